The smallest absolute Gasteiger partial charge is 0.0948 e. The van der Waals surface area contributed by atoms with Gasteiger partial charge in [0.15, 0.2) is 0 Å². The van der Waals surface area contributed by atoms with Crippen molar-refractivity contribution in [2.75, 3.05) is 0 Å². The van der Waals surface area contributed by atoms with Gasteiger partial charge in [0.1, 0.15) is 0 Å². The Bertz CT molecular complexity index is 266. The van der Waals surface area contributed by atoms with E-state index >= 15 is 0 Å². The third-order valence-corrected chi connectivity index (χ3v) is 2.88. The van der Waals surface area contributed by atoms with Crippen LogP contribution in [0.5, 0.6) is 0 Å². The molecule has 0 radical (unpaired) electrons. The summed E-state index contributed by atoms with van der Waals surface area (Å²) in [6, 6.07) is 0. The predicted octanol–water partition coefficient (Wildman–Crippen LogP) is 2.24. The fourth-order valence-corrected chi connectivity index (χ4v) is 2.09. The Labute approximate surface area is 78.1 Å². The van der Waals surface area contributed by atoms with Crippen molar-refractivity contribution in [2.24, 2.45) is 11.8 Å². The summed E-state index contributed by atoms with van der Waals surface area (Å²) in [6.07, 6.45) is 18.1. The van der Waals surface area contributed by atoms with Gasteiger partial charge in [-0.15, -0.1) is 0 Å². The van der Waals surface area contributed by atoms with Crippen molar-refractivity contribution in [1.29, 1.82) is 0 Å². The Kier molecular flexibility index (Phi) is 1.53. The molecule has 0 saturated carbocycles. The van der Waals surface area contributed by atoms with Crippen molar-refractivity contribution in [3.05, 3.63) is 48.6 Å². The van der Waals surface area contributed by atoms with E-state index in [1.54, 1.807) is 0 Å². The van der Waals surface area contributed by atoms with Gasteiger partial charge >= 0.3 is 0 Å². The normalized spacial score (nSPS) is 36.6. The van der Waals surface area contributed by atoms with Gasteiger partial charge < -0.3 is 4.74 Å². The zero-order valence-corrected chi connectivity index (χ0v) is 7.34. The molecule has 0 bridgehead atoms. The second kappa shape index (κ2) is 2.71. The molecule has 66 valence electrons. The highest BCUT2D eigenvalue weighted by Gasteiger charge is 2.46. The summed E-state index contributed by atoms with van der Waals surface area (Å²) in [4.78, 5) is 0. The van der Waals surface area contributed by atoms with Crippen molar-refractivity contribution in [3.63, 3.8) is 0 Å². The van der Waals surface area contributed by atoms with Gasteiger partial charge in [0.25, 0.3) is 0 Å². The number of hydrogen-bond acceptors (Lipinski definition) is 1. The first-order chi connectivity index (χ1) is 6.45. The molecule has 1 fully saturated rings. The van der Waals surface area contributed by atoms with Crippen LogP contribution < -0.4 is 0 Å². The van der Waals surface area contributed by atoms with Crippen LogP contribution in [0, 0.1) is 11.8 Å². The van der Waals surface area contributed by atoms with Crippen molar-refractivity contribution in [1.82, 2.24) is 0 Å². The fraction of sp³-hybridized carbons (Fsp3) is 0.333. The third-order valence-electron chi connectivity index (χ3n) is 2.88. The van der Waals surface area contributed by atoms with E-state index in [1.165, 1.54) is 0 Å². The SMILES string of the molecule is C1=CC(C2OC2C2C=CC=C2)C=C1. The molecule has 0 N–H and O–H groups in total. The molecule has 0 aromatic carbocycles. The van der Waals surface area contributed by atoms with E-state index in [0.29, 0.717) is 24.0 Å². The lowest BCUT2D eigenvalue weighted by Crippen LogP contribution is -2.09. The van der Waals surface area contributed by atoms with Crippen LogP contribution in [-0.2, 0) is 4.74 Å². The Balaban J connectivity index is 1.66. The quantitative estimate of drug-likeness (QED) is 0.582. The first kappa shape index (κ1) is 7.34. The molecule has 1 heterocycles. The van der Waals surface area contributed by atoms with Gasteiger partial charge in [-0.25, -0.2) is 0 Å². The van der Waals surface area contributed by atoms with Gasteiger partial charge in [-0.05, 0) is 0 Å². The first-order valence-corrected chi connectivity index (χ1v) is 4.80. The minimum absolute atomic E-state index is 0.424. The van der Waals surface area contributed by atoms with Crippen LogP contribution in [0.1, 0.15) is 0 Å². The van der Waals surface area contributed by atoms with Crippen molar-refractivity contribution in [3.8, 4) is 0 Å². The van der Waals surface area contributed by atoms with Gasteiger partial charge in [-0.3, -0.25) is 0 Å². The molecule has 13 heavy (non-hydrogen) atoms. The Morgan fingerprint density at radius 2 is 1.00 bits per heavy atom. The molecule has 0 spiro atoms. The highest BCUT2D eigenvalue weighted by atomic mass is 16.6. The van der Waals surface area contributed by atoms with Crippen LogP contribution in [0.2, 0.25) is 0 Å². The van der Waals surface area contributed by atoms with E-state index < -0.39 is 0 Å². The summed E-state index contributed by atoms with van der Waals surface area (Å²) in [5.41, 5.74) is 0. The van der Waals surface area contributed by atoms with Gasteiger partial charge in [0.2, 0.25) is 0 Å². The number of rotatable bonds is 2. The van der Waals surface area contributed by atoms with E-state index in [4.69, 9.17) is 4.74 Å². The number of ether oxygens (including phenoxy) is 1. The van der Waals surface area contributed by atoms with Crippen molar-refractivity contribution >= 4 is 0 Å². The van der Waals surface area contributed by atoms with Gasteiger partial charge in [0, 0.05) is 11.8 Å². The van der Waals surface area contributed by atoms with Gasteiger partial charge in [-0.2, -0.15) is 0 Å². The second-order valence-corrected chi connectivity index (χ2v) is 3.76. The Morgan fingerprint density at radius 3 is 1.38 bits per heavy atom. The maximum absolute atomic E-state index is 5.68. The molecule has 3 rings (SSSR count). The van der Waals surface area contributed by atoms with Crippen LogP contribution in [-0.4, -0.2) is 12.2 Å². The highest BCUT2D eigenvalue weighted by molar-refractivity contribution is 5.27. The summed E-state index contributed by atoms with van der Waals surface area (Å²) >= 11 is 0. The van der Waals surface area contributed by atoms with E-state index in [9.17, 15) is 0 Å². The minimum atomic E-state index is 0.424. The average molecular weight is 172 g/mol. The van der Waals surface area contributed by atoms with Gasteiger partial charge in [0.05, 0.1) is 12.2 Å². The molecule has 2 aliphatic carbocycles. The van der Waals surface area contributed by atoms with Crippen molar-refractivity contribution in [2.45, 2.75) is 12.2 Å². The van der Waals surface area contributed by atoms with E-state index in [0.717, 1.165) is 0 Å². The molecule has 0 aromatic rings. The molecule has 1 nitrogen and oxygen atoms in total. The summed E-state index contributed by atoms with van der Waals surface area (Å²) in [5, 5.41) is 0. The summed E-state index contributed by atoms with van der Waals surface area (Å²) < 4.78 is 5.68. The molecular weight excluding hydrogens is 160 g/mol. The maximum atomic E-state index is 5.68. The van der Waals surface area contributed by atoms with Gasteiger partial charge in [-0.1, -0.05) is 48.6 Å². The third kappa shape index (κ3) is 1.20. The molecule has 1 aliphatic heterocycles. The molecule has 3 aliphatic rings. The number of hydrogen-bond donors (Lipinski definition) is 0. The van der Waals surface area contributed by atoms with E-state index in [2.05, 4.69) is 48.6 Å². The minimum Gasteiger partial charge on any atom is -0.368 e. The maximum Gasteiger partial charge on any atom is 0.0948 e. The van der Waals surface area contributed by atoms with Crippen LogP contribution in [0.4, 0.5) is 0 Å². The summed E-state index contributed by atoms with van der Waals surface area (Å²) in [5.74, 6) is 1.04. The van der Waals surface area contributed by atoms with Crippen LogP contribution in [0.25, 0.3) is 0 Å². The van der Waals surface area contributed by atoms with Crippen LogP contribution >= 0.6 is 0 Å². The summed E-state index contributed by atoms with van der Waals surface area (Å²) in [7, 11) is 0. The lowest BCUT2D eigenvalue weighted by atomic mass is 9.98. The average Bonchev–Trinajstić information content (AvgIpc) is 2.67. The molecular formula is C12H12O. The first-order valence-electron chi connectivity index (χ1n) is 4.80. The molecule has 0 aromatic heterocycles. The lowest BCUT2D eigenvalue weighted by Gasteiger charge is -2.01. The second-order valence-electron chi connectivity index (χ2n) is 3.76. The van der Waals surface area contributed by atoms with Crippen LogP contribution in [0.3, 0.4) is 0 Å². The van der Waals surface area contributed by atoms with E-state index in [-0.39, 0.29) is 0 Å². The monoisotopic (exact) mass is 172 g/mol. The lowest BCUT2D eigenvalue weighted by molar-refractivity contribution is 0.343. The summed E-state index contributed by atoms with van der Waals surface area (Å²) in [6.45, 7) is 0. The molecule has 1 heteroatoms. The van der Waals surface area contributed by atoms with E-state index in [1.807, 2.05) is 0 Å². The Morgan fingerprint density at radius 1 is 0.615 bits per heavy atom. The zero-order valence-electron chi connectivity index (χ0n) is 7.34. The molecule has 1 saturated heterocycles. The highest BCUT2D eigenvalue weighted by Crippen LogP contribution is 2.39. The standard InChI is InChI=1S/C12H12O/c1-2-6-9(5-1)11-12(13-11)10-7-3-4-8-10/h1-12H. The zero-order chi connectivity index (χ0) is 8.67. The van der Waals surface area contributed by atoms with Crippen molar-refractivity contribution < 1.29 is 4.74 Å². The fourth-order valence-electron chi connectivity index (χ4n) is 2.09. The topological polar surface area (TPSA) is 12.5 Å². The molecule has 2 atom stereocenters. The predicted molar refractivity (Wildman–Crippen MR) is 52.2 cm³/mol. The largest absolute Gasteiger partial charge is 0.368 e. The molecule has 2 unspecified atom stereocenters. The number of allylic oxidation sites excluding steroid dienone is 4. The Hall–Kier alpha value is -1.08. The number of epoxide rings is 1. The van der Waals surface area contributed by atoms with Crippen LogP contribution in [0.15, 0.2) is 48.6 Å². The molecule has 0 amide bonds.